The highest BCUT2D eigenvalue weighted by Gasteiger charge is 2.02. The molecular formula is C14H13BrO2. The van der Waals surface area contributed by atoms with Gasteiger partial charge in [-0.25, -0.2) is 4.79 Å². The van der Waals surface area contributed by atoms with Crippen LogP contribution in [0.3, 0.4) is 0 Å². The predicted molar refractivity (Wildman–Crippen MR) is 72.5 cm³/mol. The van der Waals surface area contributed by atoms with E-state index in [0.29, 0.717) is 5.57 Å². The van der Waals surface area contributed by atoms with E-state index in [2.05, 4.69) is 28.2 Å². The highest BCUT2D eigenvalue weighted by molar-refractivity contribution is 9.10. The number of hydrogen-bond donors (Lipinski definition) is 0. The number of carbonyl (C=O) groups is 1. The first kappa shape index (κ1) is 13.5. The fraction of sp³-hybridized carbons (Fsp3) is 0.143. The van der Waals surface area contributed by atoms with Crippen molar-refractivity contribution in [1.29, 1.82) is 0 Å². The Morgan fingerprint density at radius 1 is 1.47 bits per heavy atom. The number of benzene rings is 1. The van der Waals surface area contributed by atoms with Crippen molar-refractivity contribution in [1.82, 2.24) is 0 Å². The first-order chi connectivity index (χ1) is 8.13. The minimum Gasteiger partial charge on any atom is -0.458 e. The Hall–Kier alpha value is -1.57. The number of rotatable bonds is 4. The molecule has 1 aromatic carbocycles. The quantitative estimate of drug-likeness (QED) is 0.366. The predicted octanol–water partition coefficient (Wildman–Crippen LogP) is 3.74. The van der Waals surface area contributed by atoms with E-state index in [0.717, 1.165) is 10.0 Å². The van der Waals surface area contributed by atoms with Crippen LogP contribution in [0, 0.1) is 0 Å². The number of esters is 1. The number of hydrogen-bond acceptors (Lipinski definition) is 2. The molecule has 1 aromatic rings. The van der Waals surface area contributed by atoms with Crippen molar-refractivity contribution < 1.29 is 9.53 Å². The Kier molecular flexibility index (Phi) is 5.47. The molecule has 0 saturated heterocycles. The summed E-state index contributed by atoms with van der Waals surface area (Å²) in [5.74, 6) is -0.377. The molecule has 3 heteroatoms. The van der Waals surface area contributed by atoms with E-state index in [1.165, 1.54) is 6.08 Å². The van der Waals surface area contributed by atoms with E-state index in [9.17, 15) is 4.79 Å². The van der Waals surface area contributed by atoms with Crippen LogP contribution in [0.2, 0.25) is 0 Å². The van der Waals surface area contributed by atoms with Gasteiger partial charge in [0, 0.05) is 4.47 Å². The van der Waals surface area contributed by atoms with E-state index < -0.39 is 0 Å². The monoisotopic (exact) mass is 292 g/mol. The van der Waals surface area contributed by atoms with E-state index in [4.69, 9.17) is 4.74 Å². The van der Waals surface area contributed by atoms with E-state index >= 15 is 0 Å². The molecule has 0 aliphatic heterocycles. The maximum atomic E-state index is 11.4. The number of ether oxygens (including phenoxy) is 1. The van der Waals surface area contributed by atoms with Crippen molar-refractivity contribution in [2.45, 2.75) is 6.92 Å². The molecule has 0 fully saturated rings. The molecule has 0 unspecified atom stereocenters. The van der Waals surface area contributed by atoms with E-state index in [-0.39, 0.29) is 12.6 Å². The van der Waals surface area contributed by atoms with Crippen LogP contribution in [0.5, 0.6) is 0 Å². The van der Waals surface area contributed by atoms with Crippen LogP contribution in [-0.2, 0) is 9.53 Å². The zero-order chi connectivity index (χ0) is 12.7. The molecule has 0 atom stereocenters. The molecule has 17 heavy (non-hydrogen) atoms. The summed E-state index contributed by atoms with van der Waals surface area (Å²) in [5, 5.41) is 0. The van der Waals surface area contributed by atoms with E-state index in [1.807, 2.05) is 24.3 Å². The van der Waals surface area contributed by atoms with Gasteiger partial charge in [-0.2, -0.15) is 0 Å². The Morgan fingerprint density at radius 2 is 2.12 bits per heavy atom. The van der Waals surface area contributed by atoms with Gasteiger partial charge in [0.05, 0.1) is 5.57 Å². The first-order valence-corrected chi connectivity index (χ1v) is 5.89. The van der Waals surface area contributed by atoms with Crippen LogP contribution in [-0.4, -0.2) is 12.6 Å². The standard InChI is InChI=1S/C14H13BrO2/c1-3-10-17-14(16)11(2)4-5-12-6-8-13(15)9-7-12/h3,5-9H,1,10H2,2H3. The summed E-state index contributed by atoms with van der Waals surface area (Å²) in [6, 6.07) is 7.72. The summed E-state index contributed by atoms with van der Waals surface area (Å²) in [4.78, 5) is 11.4. The summed E-state index contributed by atoms with van der Waals surface area (Å²) in [6.45, 7) is 5.36. The average Bonchev–Trinajstić information content (AvgIpc) is 2.34. The second-order valence-corrected chi connectivity index (χ2v) is 4.27. The molecule has 0 aliphatic carbocycles. The fourth-order valence-corrected chi connectivity index (χ4v) is 1.32. The molecule has 0 bridgehead atoms. The summed E-state index contributed by atoms with van der Waals surface area (Å²) in [5.41, 5.74) is 4.31. The molecule has 0 radical (unpaired) electrons. The molecule has 2 nitrogen and oxygen atoms in total. The molecule has 0 heterocycles. The van der Waals surface area contributed by atoms with Gasteiger partial charge in [0.15, 0.2) is 0 Å². The lowest BCUT2D eigenvalue weighted by molar-refractivity contribution is -0.137. The molecule has 0 spiro atoms. The molecule has 0 saturated carbocycles. The van der Waals surface area contributed by atoms with Crippen LogP contribution in [0.25, 0.3) is 6.08 Å². The van der Waals surface area contributed by atoms with Gasteiger partial charge >= 0.3 is 5.97 Å². The third-order valence-electron chi connectivity index (χ3n) is 1.96. The topological polar surface area (TPSA) is 26.3 Å². The van der Waals surface area contributed by atoms with Crippen molar-refractivity contribution in [2.75, 3.05) is 6.61 Å². The molecular weight excluding hydrogens is 280 g/mol. The molecule has 88 valence electrons. The maximum Gasteiger partial charge on any atom is 0.341 e. The van der Waals surface area contributed by atoms with Crippen LogP contribution >= 0.6 is 15.9 Å². The molecule has 0 aromatic heterocycles. The Labute approximate surface area is 109 Å². The molecule has 0 N–H and O–H groups in total. The van der Waals surface area contributed by atoms with Gasteiger partial charge in [0.25, 0.3) is 0 Å². The van der Waals surface area contributed by atoms with Gasteiger partial charge in [-0.15, -0.1) is 5.73 Å². The van der Waals surface area contributed by atoms with Crippen molar-refractivity contribution in [3.8, 4) is 0 Å². The van der Waals surface area contributed by atoms with Gasteiger partial charge < -0.3 is 4.74 Å². The van der Waals surface area contributed by atoms with Crippen LogP contribution in [0.4, 0.5) is 0 Å². The lowest BCUT2D eigenvalue weighted by Crippen LogP contribution is -2.04. The van der Waals surface area contributed by atoms with Crippen molar-refractivity contribution >= 4 is 28.0 Å². The van der Waals surface area contributed by atoms with Gasteiger partial charge in [0.1, 0.15) is 6.61 Å². The lowest BCUT2D eigenvalue weighted by atomic mass is 10.2. The van der Waals surface area contributed by atoms with Crippen molar-refractivity contribution in [3.63, 3.8) is 0 Å². The molecule has 0 amide bonds. The normalized spacial score (nSPS) is 9.06. The third-order valence-corrected chi connectivity index (χ3v) is 2.49. The van der Waals surface area contributed by atoms with Crippen LogP contribution in [0.1, 0.15) is 12.5 Å². The highest BCUT2D eigenvalue weighted by atomic mass is 79.9. The second kappa shape index (κ2) is 6.89. The SMILES string of the molecule is C=CCOC(=O)C(C)=C=Cc1ccc(Br)cc1. The third kappa shape index (κ3) is 4.85. The molecule has 0 aliphatic rings. The maximum absolute atomic E-state index is 11.4. The van der Waals surface area contributed by atoms with Gasteiger partial charge in [0.2, 0.25) is 0 Å². The Morgan fingerprint density at radius 3 is 2.71 bits per heavy atom. The Balaban J connectivity index is 2.76. The minimum atomic E-state index is -0.377. The smallest absolute Gasteiger partial charge is 0.341 e. The number of carbonyl (C=O) groups excluding carboxylic acids is 1. The van der Waals surface area contributed by atoms with Crippen LogP contribution < -0.4 is 0 Å². The molecule has 1 rings (SSSR count). The summed E-state index contributed by atoms with van der Waals surface area (Å²) < 4.78 is 5.89. The van der Waals surface area contributed by atoms with Crippen molar-refractivity contribution in [3.05, 3.63) is 58.3 Å². The number of halogens is 1. The van der Waals surface area contributed by atoms with Crippen molar-refractivity contribution in [2.24, 2.45) is 0 Å². The summed E-state index contributed by atoms with van der Waals surface area (Å²) in [7, 11) is 0. The summed E-state index contributed by atoms with van der Waals surface area (Å²) in [6.07, 6.45) is 3.28. The second-order valence-electron chi connectivity index (χ2n) is 3.35. The minimum absolute atomic E-state index is 0.218. The van der Waals surface area contributed by atoms with Gasteiger partial charge in [-0.1, -0.05) is 40.7 Å². The van der Waals surface area contributed by atoms with Gasteiger partial charge in [-0.3, -0.25) is 0 Å². The highest BCUT2D eigenvalue weighted by Crippen LogP contribution is 2.11. The van der Waals surface area contributed by atoms with Gasteiger partial charge in [-0.05, 0) is 30.7 Å². The zero-order valence-corrected chi connectivity index (χ0v) is 11.2. The summed E-state index contributed by atoms with van der Waals surface area (Å²) >= 11 is 3.35. The fourth-order valence-electron chi connectivity index (χ4n) is 1.05. The van der Waals surface area contributed by atoms with Crippen LogP contribution in [0.15, 0.2) is 52.7 Å². The Bertz CT molecular complexity index is 466. The first-order valence-electron chi connectivity index (χ1n) is 5.10. The zero-order valence-electron chi connectivity index (χ0n) is 9.57. The largest absolute Gasteiger partial charge is 0.458 e. The van der Waals surface area contributed by atoms with E-state index in [1.54, 1.807) is 13.0 Å². The lowest BCUT2D eigenvalue weighted by Gasteiger charge is -1.98. The average molecular weight is 293 g/mol.